The van der Waals surface area contributed by atoms with Crippen LogP contribution in [0.2, 0.25) is 0 Å². The van der Waals surface area contributed by atoms with E-state index < -0.39 is 0 Å². The van der Waals surface area contributed by atoms with Crippen LogP contribution in [0.5, 0.6) is 5.75 Å². The van der Waals surface area contributed by atoms with Crippen molar-refractivity contribution >= 4 is 12.0 Å². The highest BCUT2D eigenvalue weighted by Gasteiger charge is 2.17. The molecule has 2 rings (SSSR count). The summed E-state index contributed by atoms with van der Waals surface area (Å²) in [5.41, 5.74) is 0.892. The van der Waals surface area contributed by atoms with Crippen LogP contribution >= 0.6 is 0 Å². The highest BCUT2D eigenvalue weighted by atomic mass is 16.5. The molecule has 140 valence electrons. The number of carbonyl (C=O) groups is 1. The molecule has 1 heterocycles. The summed E-state index contributed by atoms with van der Waals surface area (Å²) < 4.78 is 11.2. The zero-order valence-corrected chi connectivity index (χ0v) is 15.5. The molecule has 1 amide bonds. The lowest BCUT2D eigenvalue weighted by atomic mass is 10.1. The van der Waals surface area contributed by atoms with Crippen LogP contribution < -0.4 is 10.1 Å². The quantitative estimate of drug-likeness (QED) is 0.393. The largest absolute Gasteiger partial charge is 0.494 e. The lowest BCUT2D eigenvalue weighted by Gasteiger charge is -2.10. The summed E-state index contributed by atoms with van der Waals surface area (Å²) in [6.07, 6.45) is 8.31. The Morgan fingerprint density at radius 3 is 2.81 bits per heavy atom. The summed E-state index contributed by atoms with van der Waals surface area (Å²) in [7, 11) is 0. The molecule has 1 saturated heterocycles. The number of benzene rings is 1. The standard InChI is InChI=1S/C21H28N2O3/c1-2-3-4-5-12-25-19-10-8-17(9-11-19)14-18(15-22)21(24)23-16-20-7-6-13-26-20/h8-11,14,20H,2-7,12-13,16H2,1H3,(H,23,24)/b18-14-. The van der Waals surface area contributed by atoms with E-state index in [1.54, 1.807) is 6.08 Å². The number of nitriles is 1. The molecule has 1 aliphatic heterocycles. The molecule has 5 heteroatoms. The number of rotatable bonds is 10. The molecule has 1 aromatic rings. The first-order chi connectivity index (χ1) is 12.7. The van der Waals surface area contributed by atoms with Crippen LogP contribution in [0.1, 0.15) is 51.0 Å². The van der Waals surface area contributed by atoms with E-state index in [0.29, 0.717) is 13.2 Å². The summed E-state index contributed by atoms with van der Waals surface area (Å²) in [5, 5.41) is 12.0. The van der Waals surface area contributed by atoms with E-state index >= 15 is 0 Å². The second-order valence-corrected chi connectivity index (χ2v) is 6.49. The third-order valence-electron chi connectivity index (χ3n) is 4.34. The zero-order valence-electron chi connectivity index (χ0n) is 15.5. The van der Waals surface area contributed by atoms with Gasteiger partial charge in [-0.05, 0) is 43.0 Å². The SMILES string of the molecule is CCCCCCOc1ccc(/C=C(/C#N)C(=O)NCC2CCCO2)cc1. The van der Waals surface area contributed by atoms with Gasteiger partial charge >= 0.3 is 0 Å². The lowest BCUT2D eigenvalue weighted by Crippen LogP contribution is -2.32. The maximum atomic E-state index is 12.1. The van der Waals surface area contributed by atoms with Crippen LogP contribution in [0, 0.1) is 11.3 Å². The normalized spacial score (nSPS) is 16.9. The number of unbranched alkanes of at least 4 members (excludes halogenated alkanes) is 3. The minimum Gasteiger partial charge on any atom is -0.494 e. The number of ether oxygens (including phenoxy) is 2. The Bertz CT molecular complexity index is 626. The zero-order chi connectivity index (χ0) is 18.6. The first-order valence-electron chi connectivity index (χ1n) is 9.47. The number of nitrogens with zero attached hydrogens (tertiary/aromatic N) is 1. The Hall–Kier alpha value is -2.32. The molecule has 0 aromatic heterocycles. The van der Waals surface area contributed by atoms with Gasteiger partial charge in [-0.2, -0.15) is 5.26 Å². The van der Waals surface area contributed by atoms with E-state index in [4.69, 9.17) is 9.47 Å². The molecule has 26 heavy (non-hydrogen) atoms. The van der Waals surface area contributed by atoms with Crippen LogP contribution in [0.4, 0.5) is 0 Å². The molecule has 1 N–H and O–H groups in total. The van der Waals surface area contributed by atoms with Crippen LogP contribution in [-0.4, -0.2) is 31.8 Å². The van der Waals surface area contributed by atoms with Gasteiger partial charge in [-0.1, -0.05) is 38.3 Å². The van der Waals surface area contributed by atoms with Gasteiger partial charge in [0.05, 0.1) is 12.7 Å². The predicted molar refractivity (Wildman–Crippen MR) is 102 cm³/mol. The van der Waals surface area contributed by atoms with Gasteiger partial charge in [0.1, 0.15) is 17.4 Å². The molecule has 0 aliphatic carbocycles. The highest BCUT2D eigenvalue weighted by Crippen LogP contribution is 2.16. The third-order valence-corrected chi connectivity index (χ3v) is 4.34. The molecule has 0 saturated carbocycles. The van der Waals surface area contributed by atoms with Crippen molar-refractivity contribution in [2.24, 2.45) is 0 Å². The fourth-order valence-electron chi connectivity index (χ4n) is 2.80. The van der Waals surface area contributed by atoms with E-state index in [-0.39, 0.29) is 17.6 Å². The third kappa shape index (κ3) is 6.89. The van der Waals surface area contributed by atoms with Crippen molar-refractivity contribution in [3.63, 3.8) is 0 Å². The van der Waals surface area contributed by atoms with Gasteiger partial charge in [0.15, 0.2) is 0 Å². The molecule has 0 bridgehead atoms. The summed E-state index contributed by atoms with van der Waals surface area (Å²) in [6.45, 7) is 4.09. The summed E-state index contributed by atoms with van der Waals surface area (Å²) in [6, 6.07) is 9.41. The second kappa shape index (κ2) is 11.3. The van der Waals surface area contributed by atoms with Crippen LogP contribution in [0.3, 0.4) is 0 Å². The first kappa shape index (κ1) is 20.0. The molecule has 5 nitrogen and oxygen atoms in total. The number of hydrogen-bond donors (Lipinski definition) is 1. The average Bonchev–Trinajstić information content (AvgIpc) is 3.18. The summed E-state index contributed by atoms with van der Waals surface area (Å²) in [5.74, 6) is 0.444. The lowest BCUT2D eigenvalue weighted by molar-refractivity contribution is -0.117. The van der Waals surface area contributed by atoms with Crippen molar-refractivity contribution in [1.82, 2.24) is 5.32 Å². The molecule has 1 aromatic carbocycles. The van der Waals surface area contributed by atoms with Crippen molar-refractivity contribution in [2.75, 3.05) is 19.8 Å². The Kier molecular flexibility index (Phi) is 8.71. The first-order valence-corrected chi connectivity index (χ1v) is 9.47. The van der Waals surface area contributed by atoms with Crippen molar-refractivity contribution in [2.45, 2.75) is 51.6 Å². The maximum absolute atomic E-state index is 12.1. The van der Waals surface area contributed by atoms with Gasteiger partial charge in [-0.3, -0.25) is 4.79 Å². The van der Waals surface area contributed by atoms with Gasteiger partial charge in [0.25, 0.3) is 5.91 Å². The van der Waals surface area contributed by atoms with E-state index in [2.05, 4.69) is 12.2 Å². The van der Waals surface area contributed by atoms with Crippen LogP contribution in [-0.2, 0) is 9.53 Å². The Labute approximate surface area is 156 Å². The molecule has 0 radical (unpaired) electrons. The van der Waals surface area contributed by atoms with Gasteiger partial charge in [-0.25, -0.2) is 0 Å². The number of nitrogens with one attached hydrogen (secondary N) is 1. The molecular formula is C21H28N2O3. The predicted octanol–water partition coefficient (Wildman–Crippen LogP) is 3.85. The van der Waals surface area contributed by atoms with Gasteiger partial charge in [0.2, 0.25) is 0 Å². The minimum atomic E-state index is -0.362. The molecule has 1 unspecified atom stereocenters. The highest BCUT2D eigenvalue weighted by molar-refractivity contribution is 6.01. The maximum Gasteiger partial charge on any atom is 0.262 e. The fraction of sp³-hybridized carbons (Fsp3) is 0.524. The summed E-state index contributed by atoms with van der Waals surface area (Å²) in [4.78, 5) is 12.1. The van der Waals surface area contributed by atoms with Crippen LogP contribution in [0.15, 0.2) is 29.8 Å². The van der Waals surface area contributed by atoms with Crippen molar-refractivity contribution in [3.05, 3.63) is 35.4 Å². The fourth-order valence-corrected chi connectivity index (χ4v) is 2.80. The van der Waals surface area contributed by atoms with Crippen molar-refractivity contribution < 1.29 is 14.3 Å². The minimum absolute atomic E-state index is 0.0626. The Morgan fingerprint density at radius 2 is 2.15 bits per heavy atom. The van der Waals surface area contributed by atoms with E-state index in [0.717, 1.165) is 37.2 Å². The van der Waals surface area contributed by atoms with Crippen molar-refractivity contribution in [3.8, 4) is 11.8 Å². The molecule has 1 fully saturated rings. The summed E-state index contributed by atoms with van der Waals surface area (Å²) >= 11 is 0. The molecular weight excluding hydrogens is 328 g/mol. The second-order valence-electron chi connectivity index (χ2n) is 6.49. The van der Waals surface area contributed by atoms with E-state index in [1.165, 1.54) is 19.3 Å². The molecule has 0 spiro atoms. The Balaban J connectivity index is 1.83. The Morgan fingerprint density at radius 1 is 1.35 bits per heavy atom. The van der Waals surface area contributed by atoms with Gasteiger partial charge in [-0.15, -0.1) is 0 Å². The van der Waals surface area contributed by atoms with Crippen molar-refractivity contribution in [1.29, 1.82) is 5.26 Å². The van der Waals surface area contributed by atoms with E-state index in [9.17, 15) is 10.1 Å². The molecule has 1 aliphatic rings. The van der Waals surface area contributed by atoms with Gasteiger partial charge in [0, 0.05) is 13.2 Å². The number of hydrogen-bond acceptors (Lipinski definition) is 4. The van der Waals surface area contributed by atoms with Gasteiger partial charge < -0.3 is 14.8 Å². The average molecular weight is 356 g/mol. The number of amides is 1. The molecule has 1 atom stereocenters. The van der Waals surface area contributed by atoms with E-state index in [1.807, 2.05) is 30.3 Å². The monoisotopic (exact) mass is 356 g/mol. The topological polar surface area (TPSA) is 71.3 Å². The smallest absolute Gasteiger partial charge is 0.262 e. The number of carbonyl (C=O) groups excluding carboxylic acids is 1. The van der Waals surface area contributed by atoms with Crippen LogP contribution in [0.25, 0.3) is 6.08 Å².